The molecule has 0 aliphatic heterocycles. The van der Waals surface area contributed by atoms with E-state index in [1.807, 2.05) is 37.4 Å². The van der Waals surface area contributed by atoms with Gasteiger partial charge in [-0.1, -0.05) is 18.2 Å². The van der Waals surface area contributed by atoms with E-state index in [0.717, 1.165) is 34.0 Å². The van der Waals surface area contributed by atoms with E-state index in [-0.39, 0.29) is 0 Å². The number of anilines is 1. The average molecular weight is 280 g/mol. The average Bonchev–Trinajstić information content (AvgIpc) is 3.08. The van der Waals surface area contributed by atoms with Gasteiger partial charge in [0.05, 0.1) is 7.11 Å². The second-order valence-electron chi connectivity index (χ2n) is 4.57. The molecule has 21 heavy (non-hydrogen) atoms. The van der Waals surface area contributed by atoms with E-state index in [1.54, 1.807) is 7.11 Å². The predicted octanol–water partition coefficient (Wildman–Crippen LogP) is 3.19. The minimum atomic E-state index is 0.745. The fourth-order valence-electron chi connectivity index (χ4n) is 2.26. The van der Waals surface area contributed by atoms with Crippen molar-refractivity contribution in [2.75, 3.05) is 19.5 Å². The Balaban J connectivity index is 2.05. The van der Waals surface area contributed by atoms with E-state index in [9.17, 15) is 0 Å². The smallest absolute Gasteiger partial charge is 0.157 e. The molecule has 0 bridgehead atoms. The lowest BCUT2D eigenvalue weighted by Crippen LogP contribution is -1.94. The van der Waals surface area contributed by atoms with Crippen LogP contribution in [0.2, 0.25) is 0 Å². The first-order valence-corrected chi connectivity index (χ1v) is 6.64. The topological polar surface area (TPSA) is 62.8 Å². The number of nitrogens with zero attached hydrogens (tertiary/aromatic N) is 2. The molecule has 0 unspecified atom stereocenters. The zero-order valence-electron chi connectivity index (χ0n) is 11.9. The zero-order valence-corrected chi connectivity index (χ0v) is 11.9. The number of rotatable bonds is 4. The Bertz CT molecular complexity index is 721. The molecule has 0 radical (unpaired) electrons. The fourth-order valence-corrected chi connectivity index (χ4v) is 2.26. The lowest BCUT2D eigenvalue weighted by atomic mass is 10.0. The van der Waals surface area contributed by atoms with Crippen LogP contribution in [0.15, 0.2) is 48.8 Å². The summed E-state index contributed by atoms with van der Waals surface area (Å²) in [5.74, 6) is 1.59. The molecule has 0 aliphatic rings. The monoisotopic (exact) mass is 280 g/mol. The van der Waals surface area contributed by atoms with E-state index >= 15 is 0 Å². The molecule has 106 valence electrons. The lowest BCUT2D eigenvalue weighted by molar-refractivity contribution is 0.415. The number of hydrogen-bond donors (Lipinski definition) is 2. The SMILES string of the molecule is CNc1ccc(-c2ccc(OC)cc2)cc1-c1ncn[nH]1. The van der Waals surface area contributed by atoms with Crippen LogP contribution in [-0.4, -0.2) is 29.3 Å². The van der Waals surface area contributed by atoms with Crippen LogP contribution in [0.1, 0.15) is 0 Å². The third-order valence-electron chi connectivity index (χ3n) is 3.38. The second kappa shape index (κ2) is 5.66. The summed E-state index contributed by atoms with van der Waals surface area (Å²) in [6.07, 6.45) is 1.51. The first kappa shape index (κ1) is 13.2. The maximum absolute atomic E-state index is 5.19. The number of aromatic nitrogens is 3. The summed E-state index contributed by atoms with van der Waals surface area (Å²) in [7, 11) is 3.56. The molecule has 0 saturated heterocycles. The molecule has 0 atom stereocenters. The Morgan fingerprint density at radius 1 is 1.05 bits per heavy atom. The van der Waals surface area contributed by atoms with Gasteiger partial charge >= 0.3 is 0 Å². The molecule has 3 rings (SSSR count). The highest BCUT2D eigenvalue weighted by molar-refractivity contribution is 5.80. The Kier molecular flexibility index (Phi) is 3.55. The highest BCUT2D eigenvalue weighted by Gasteiger charge is 2.09. The highest BCUT2D eigenvalue weighted by Crippen LogP contribution is 2.31. The number of ether oxygens (including phenoxy) is 1. The number of benzene rings is 2. The number of aromatic amines is 1. The molecule has 1 aromatic heterocycles. The minimum absolute atomic E-state index is 0.745. The summed E-state index contributed by atoms with van der Waals surface area (Å²) in [6, 6.07) is 14.2. The minimum Gasteiger partial charge on any atom is -0.497 e. The van der Waals surface area contributed by atoms with Crippen LogP contribution in [0.25, 0.3) is 22.5 Å². The van der Waals surface area contributed by atoms with Gasteiger partial charge in [0.1, 0.15) is 12.1 Å². The first-order chi connectivity index (χ1) is 10.3. The molecule has 0 fully saturated rings. The summed E-state index contributed by atoms with van der Waals surface area (Å²) < 4.78 is 5.19. The van der Waals surface area contributed by atoms with Crippen LogP contribution in [-0.2, 0) is 0 Å². The molecule has 2 aromatic carbocycles. The van der Waals surface area contributed by atoms with Crippen LogP contribution >= 0.6 is 0 Å². The van der Waals surface area contributed by atoms with Gasteiger partial charge in [-0.25, -0.2) is 4.98 Å². The molecular formula is C16H16N4O. The van der Waals surface area contributed by atoms with Crippen molar-refractivity contribution in [3.05, 3.63) is 48.8 Å². The van der Waals surface area contributed by atoms with Gasteiger partial charge in [-0.2, -0.15) is 5.10 Å². The Morgan fingerprint density at radius 2 is 1.81 bits per heavy atom. The van der Waals surface area contributed by atoms with Crippen LogP contribution in [0.4, 0.5) is 5.69 Å². The van der Waals surface area contributed by atoms with Gasteiger partial charge in [-0.05, 0) is 35.4 Å². The molecule has 1 heterocycles. The standard InChI is InChI=1S/C16H16N4O/c1-17-15-8-5-12(9-14(15)16-18-10-19-20-16)11-3-6-13(21-2)7-4-11/h3-10,17H,1-2H3,(H,18,19,20). The van der Waals surface area contributed by atoms with Crippen molar-refractivity contribution < 1.29 is 4.74 Å². The second-order valence-corrected chi connectivity index (χ2v) is 4.57. The molecular weight excluding hydrogens is 264 g/mol. The number of methoxy groups -OCH3 is 1. The van der Waals surface area contributed by atoms with Crippen molar-refractivity contribution in [1.29, 1.82) is 0 Å². The Hall–Kier alpha value is -2.82. The van der Waals surface area contributed by atoms with E-state index in [0.29, 0.717) is 0 Å². The van der Waals surface area contributed by atoms with Gasteiger partial charge in [0.25, 0.3) is 0 Å². The van der Waals surface area contributed by atoms with Crippen molar-refractivity contribution in [2.45, 2.75) is 0 Å². The summed E-state index contributed by atoms with van der Waals surface area (Å²) in [5.41, 5.74) is 4.23. The maximum Gasteiger partial charge on any atom is 0.157 e. The van der Waals surface area contributed by atoms with Crippen LogP contribution in [0, 0.1) is 0 Å². The highest BCUT2D eigenvalue weighted by atomic mass is 16.5. The Labute approximate surface area is 123 Å². The van der Waals surface area contributed by atoms with Gasteiger partial charge in [-0.3, -0.25) is 5.10 Å². The fraction of sp³-hybridized carbons (Fsp3) is 0.125. The molecule has 0 saturated carbocycles. The first-order valence-electron chi connectivity index (χ1n) is 6.64. The number of hydrogen-bond acceptors (Lipinski definition) is 4. The van der Waals surface area contributed by atoms with E-state index in [4.69, 9.17) is 4.74 Å². The molecule has 0 aliphatic carbocycles. The van der Waals surface area contributed by atoms with E-state index in [2.05, 4.69) is 32.6 Å². The van der Waals surface area contributed by atoms with Crippen molar-refractivity contribution in [1.82, 2.24) is 15.2 Å². The Morgan fingerprint density at radius 3 is 2.43 bits per heavy atom. The molecule has 2 N–H and O–H groups in total. The van der Waals surface area contributed by atoms with Crippen molar-refractivity contribution in [3.63, 3.8) is 0 Å². The van der Waals surface area contributed by atoms with E-state index in [1.165, 1.54) is 6.33 Å². The zero-order chi connectivity index (χ0) is 14.7. The van der Waals surface area contributed by atoms with Crippen molar-refractivity contribution in [3.8, 4) is 28.3 Å². The molecule has 0 amide bonds. The van der Waals surface area contributed by atoms with Crippen molar-refractivity contribution >= 4 is 5.69 Å². The quantitative estimate of drug-likeness (QED) is 0.770. The molecule has 0 spiro atoms. The third kappa shape index (κ3) is 2.58. The largest absolute Gasteiger partial charge is 0.497 e. The summed E-state index contributed by atoms with van der Waals surface area (Å²) in [4.78, 5) is 4.23. The number of H-pyrrole nitrogens is 1. The summed E-state index contributed by atoms with van der Waals surface area (Å²) >= 11 is 0. The molecule has 3 aromatic rings. The maximum atomic E-state index is 5.19. The summed E-state index contributed by atoms with van der Waals surface area (Å²) in [5, 5.41) is 10.00. The predicted molar refractivity (Wildman–Crippen MR) is 83.4 cm³/mol. The van der Waals surface area contributed by atoms with Gasteiger partial charge in [-0.15, -0.1) is 0 Å². The van der Waals surface area contributed by atoms with E-state index < -0.39 is 0 Å². The van der Waals surface area contributed by atoms with Crippen LogP contribution in [0.3, 0.4) is 0 Å². The third-order valence-corrected chi connectivity index (χ3v) is 3.38. The lowest BCUT2D eigenvalue weighted by Gasteiger charge is -2.10. The van der Waals surface area contributed by atoms with Crippen LogP contribution < -0.4 is 10.1 Å². The van der Waals surface area contributed by atoms with Gasteiger partial charge in [0.15, 0.2) is 5.82 Å². The van der Waals surface area contributed by atoms with Gasteiger partial charge in [0.2, 0.25) is 0 Å². The van der Waals surface area contributed by atoms with Crippen LogP contribution in [0.5, 0.6) is 5.75 Å². The molecule has 5 nitrogen and oxygen atoms in total. The normalized spacial score (nSPS) is 10.4. The summed E-state index contributed by atoms with van der Waals surface area (Å²) in [6.45, 7) is 0. The van der Waals surface area contributed by atoms with Gasteiger partial charge < -0.3 is 10.1 Å². The number of nitrogens with one attached hydrogen (secondary N) is 2. The van der Waals surface area contributed by atoms with Crippen molar-refractivity contribution in [2.24, 2.45) is 0 Å². The molecule has 5 heteroatoms. The van der Waals surface area contributed by atoms with Gasteiger partial charge in [0, 0.05) is 18.3 Å².